The van der Waals surface area contributed by atoms with Gasteiger partial charge in [-0.2, -0.15) is 0 Å². The van der Waals surface area contributed by atoms with Crippen molar-refractivity contribution in [1.29, 1.82) is 0 Å². The zero-order valence-electron chi connectivity index (χ0n) is 19.6. The number of phenolic OH excluding ortho intramolecular Hbond substituents is 2. The summed E-state index contributed by atoms with van der Waals surface area (Å²) in [5.74, 6) is -2.79. The second kappa shape index (κ2) is 12.0. The number of aromatic hydroxyl groups is 2. The smallest absolute Gasteiger partial charge is 0.326 e. The standard InChI is InChI=1S/C25H30N4O7/c26-14-22(32)27-19(12-15-3-7-17(30)8-4-15)23(33)28-20(13-16-5-9-18(31)10-6-16)24(34)29-11-1-2-21(29)25(35)36/h3-10,19-21,30-31H,1-2,11-14,26H2,(H,27,32)(H,28,33)(H,35,36)/t19-,20-,21-/m0/s1. The van der Waals surface area contributed by atoms with E-state index in [4.69, 9.17) is 5.73 Å². The average Bonchev–Trinajstić information content (AvgIpc) is 3.35. The Bertz CT molecular complexity index is 1090. The number of benzene rings is 2. The molecule has 0 aromatic heterocycles. The molecule has 1 aliphatic rings. The Hall–Kier alpha value is -4.12. The minimum absolute atomic E-state index is 0.0367. The molecule has 1 heterocycles. The van der Waals surface area contributed by atoms with Gasteiger partial charge in [0.2, 0.25) is 17.7 Å². The summed E-state index contributed by atoms with van der Waals surface area (Å²) in [6.07, 6.45) is 0.958. The van der Waals surface area contributed by atoms with Gasteiger partial charge in [0, 0.05) is 19.4 Å². The summed E-state index contributed by atoms with van der Waals surface area (Å²) in [5, 5.41) is 33.9. The average molecular weight is 499 g/mol. The molecule has 3 rings (SSSR count). The molecule has 36 heavy (non-hydrogen) atoms. The van der Waals surface area contributed by atoms with Gasteiger partial charge in [-0.15, -0.1) is 0 Å². The van der Waals surface area contributed by atoms with Crippen LogP contribution in [0.25, 0.3) is 0 Å². The van der Waals surface area contributed by atoms with E-state index in [0.29, 0.717) is 24.0 Å². The van der Waals surface area contributed by atoms with Gasteiger partial charge in [0.15, 0.2) is 0 Å². The van der Waals surface area contributed by atoms with Crippen LogP contribution in [-0.2, 0) is 32.0 Å². The number of carboxylic acids is 1. The molecule has 2 aromatic carbocycles. The number of nitrogens with two attached hydrogens (primary N) is 1. The van der Waals surface area contributed by atoms with E-state index in [0.717, 1.165) is 0 Å². The molecule has 3 atom stereocenters. The third kappa shape index (κ3) is 6.95. The summed E-state index contributed by atoms with van der Waals surface area (Å²) in [5.41, 5.74) is 6.70. The molecule has 7 N–H and O–H groups in total. The third-order valence-electron chi connectivity index (χ3n) is 6.02. The van der Waals surface area contributed by atoms with Crippen LogP contribution >= 0.6 is 0 Å². The topological polar surface area (TPSA) is 182 Å². The van der Waals surface area contributed by atoms with Gasteiger partial charge in [0.25, 0.3) is 0 Å². The number of rotatable bonds is 10. The first kappa shape index (κ1) is 26.5. The molecule has 3 amide bonds. The number of hydrogen-bond acceptors (Lipinski definition) is 7. The lowest BCUT2D eigenvalue weighted by molar-refractivity contribution is -0.149. The van der Waals surface area contributed by atoms with E-state index in [1.165, 1.54) is 29.2 Å². The molecular formula is C25H30N4O7. The summed E-state index contributed by atoms with van der Waals surface area (Å²) in [7, 11) is 0. The van der Waals surface area contributed by atoms with Crippen molar-refractivity contribution in [3.8, 4) is 11.5 Å². The predicted octanol–water partition coefficient (Wildman–Crippen LogP) is -0.113. The summed E-state index contributed by atoms with van der Waals surface area (Å²) < 4.78 is 0. The summed E-state index contributed by atoms with van der Waals surface area (Å²) in [4.78, 5) is 51.7. The fourth-order valence-electron chi connectivity index (χ4n) is 4.16. The quantitative estimate of drug-likeness (QED) is 0.262. The van der Waals surface area contributed by atoms with E-state index in [1.54, 1.807) is 24.3 Å². The van der Waals surface area contributed by atoms with Crippen molar-refractivity contribution in [2.45, 2.75) is 43.8 Å². The van der Waals surface area contributed by atoms with Crippen LogP contribution in [0, 0.1) is 0 Å². The van der Waals surface area contributed by atoms with E-state index in [1.807, 2.05) is 0 Å². The Balaban J connectivity index is 1.85. The van der Waals surface area contributed by atoms with Crippen molar-refractivity contribution in [2.24, 2.45) is 5.73 Å². The molecule has 0 spiro atoms. The molecule has 192 valence electrons. The van der Waals surface area contributed by atoms with Gasteiger partial charge in [0.1, 0.15) is 29.6 Å². The molecule has 0 bridgehead atoms. The Morgan fingerprint density at radius 2 is 1.42 bits per heavy atom. The molecular weight excluding hydrogens is 468 g/mol. The monoisotopic (exact) mass is 498 g/mol. The maximum atomic E-state index is 13.4. The Morgan fingerprint density at radius 1 is 0.889 bits per heavy atom. The molecule has 1 saturated heterocycles. The summed E-state index contributed by atoms with van der Waals surface area (Å²) in [6.45, 7) is -0.0953. The molecule has 2 aromatic rings. The lowest BCUT2D eigenvalue weighted by Gasteiger charge is -2.29. The predicted molar refractivity (Wildman–Crippen MR) is 129 cm³/mol. The van der Waals surface area contributed by atoms with Crippen LogP contribution < -0.4 is 16.4 Å². The Kier molecular flexibility index (Phi) is 8.85. The SMILES string of the molecule is NCC(=O)N[C@@H](Cc1ccc(O)cc1)C(=O)N[C@@H](Cc1ccc(O)cc1)C(=O)N1CCC[C@H]1C(=O)O. The van der Waals surface area contributed by atoms with E-state index in [2.05, 4.69) is 10.6 Å². The normalized spacial score (nSPS) is 16.7. The van der Waals surface area contributed by atoms with Crippen LogP contribution in [0.1, 0.15) is 24.0 Å². The van der Waals surface area contributed by atoms with Crippen molar-refractivity contribution in [2.75, 3.05) is 13.1 Å². The highest BCUT2D eigenvalue weighted by atomic mass is 16.4. The van der Waals surface area contributed by atoms with Crippen molar-refractivity contribution >= 4 is 23.7 Å². The van der Waals surface area contributed by atoms with E-state index in [9.17, 15) is 34.5 Å². The zero-order chi connectivity index (χ0) is 26.2. The number of phenols is 2. The minimum Gasteiger partial charge on any atom is -0.508 e. The molecule has 11 nitrogen and oxygen atoms in total. The third-order valence-corrected chi connectivity index (χ3v) is 6.02. The van der Waals surface area contributed by atoms with Gasteiger partial charge < -0.3 is 36.6 Å². The first-order chi connectivity index (χ1) is 17.2. The van der Waals surface area contributed by atoms with E-state index < -0.39 is 41.8 Å². The second-order valence-corrected chi connectivity index (χ2v) is 8.65. The van der Waals surface area contributed by atoms with Crippen molar-refractivity contribution < 1.29 is 34.5 Å². The van der Waals surface area contributed by atoms with Crippen LogP contribution in [0.15, 0.2) is 48.5 Å². The van der Waals surface area contributed by atoms with E-state index >= 15 is 0 Å². The highest BCUT2D eigenvalue weighted by Gasteiger charge is 2.38. The van der Waals surface area contributed by atoms with E-state index in [-0.39, 0.29) is 37.4 Å². The van der Waals surface area contributed by atoms with Gasteiger partial charge in [-0.3, -0.25) is 14.4 Å². The molecule has 1 aliphatic heterocycles. The van der Waals surface area contributed by atoms with Crippen LogP contribution in [0.4, 0.5) is 0 Å². The van der Waals surface area contributed by atoms with Crippen molar-refractivity contribution in [1.82, 2.24) is 15.5 Å². The molecule has 0 radical (unpaired) electrons. The molecule has 0 unspecified atom stereocenters. The van der Waals surface area contributed by atoms with Crippen LogP contribution in [0.3, 0.4) is 0 Å². The maximum absolute atomic E-state index is 13.4. The maximum Gasteiger partial charge on any atom is 0.326 e. The van der Waals surface area contributed by atoms with Crippen molar-refractivity contribution in [3.63, 3.8) is 0 Å². The molecule has 11 heteroatoms. The number of nitrogens with zero attached hydrogens (tertiary/aromatic N) is 1. The van der Waals surface area contributed by atoms with Gasteiger partial charge in [-0.1, -0.05) is 24.3 Å². The van der Waals surface area contributed by atoms with Crippen LogP contribution in [0.5, 0.6) is 11.5 Å². The zero-order valence-corrected chi connectivity index (χ0v) is 19.6. The Labute approximate surface area is 207 Å². The largest absolute Gasteiger partial charge is 0.508 e. The lowest BCUT2D eigenvalue weighted by Crippen LogP contribution is -2.57. The minimum atomic E-state index is -1.11. The number of amides is 3. The Morgan fingerprint density at radius 3 is 1.92 bits per heavy atom. The fourth-order valence-corrected chi connectivity index (χ4v) is 4.16. The lowest BCUT2D eigenvalue weighted by atomic mass is 10.0. The number of nitrogens with one attached hydrogen (secondary N) is 2. The number of likely N-dealkylation sites (tertiary alicyclic amines) is 1. The summed E-state index contributed by atoms with van der Waals surface area (Å²) in [6, 6.07) is 9.03. The summed E-state index contributed by atoms with van der Waals surface area (Å²) >= 11 is 0. The number of carbonyl (C=O) groups is 4. The van der Waals surface area contributed by atoms with Gasteiger partial charge >= 0.3 is 5.97 Å². The second-order valence-electron chi connectivity index (χ2n) is 8.65. The number of hydrogen-bond donors (Lipinski definition) is 6. The van der Waals surface area contributed by atoms with Crippen LogP contribution in [-0.4, -0.2) is 75.1 Å². The van der Waals surface area contributed by atoms with Gasteiger partial charge in [-0.05, 0) is 48.2 Å². The molecule has 0 saturated carbocycles. The van der Waals surface area contributed by atoms with Crippen LogP contribution in [0.2, 0.25) is 0 Å². The fraction of sp³-hybridized carbons (Fsp3) is 0.360. The van der Waals surface area contributed by atoms with Crippen molar-refractivity contribution in [3.05, 3.63) is 59.7 Å². The first-order valence-electron chi connectivity index (χ1n) is 11.6. The molecule has 0 aliphatic carbocycles. The number of carbonyl (C=O) groups excluding carboxylic acids is 3. The highest BCUT2D eigenvalue weighted by Crippen LogP contribution is 2.20. The van der Waals surface area contributed by atoms with Gasteiger partial charge in [0.05, 0.1) is 6.54 Å². The molecule has 1 fully saturated rings. The van der Waals surface area contributed by atoms with Gasteiger partial charge in [-0.25, -0.2) is 4.79 Å². The number of carboxylic acid groups (broad SMARTS) is 1. The number of aliphatic carboxylic acids is 1. The highest BCUT2D eigenvalue weighted by molar-refractivity contribution is 5.94. The first-order valence-corrected chi connectivity index (χ1v) is 11.6.